The number of hydrogen-bond donors (Lipinski definition) is 0. The van der Waals surface area contributed by atoms with Gasteiger partial charge in [-0.05, 0) is 43.3 Å². The van der Waals surface area contributed by atoms with Crippen molar-refractivity contribution in [1.82, 2.24) is 9.21 Å². The van der Waals surface area contributed by atoms with E-state index in [-0.39, 0.29) is 16.8 Å². The number of likely N-dealkylation sites (N-methyl/N-ethyl adjacent to an activating group) is 1. The average Bonchev–Trinajstić information content (AvgIpc) is 3.14. The molecular formula is C21H25N3O3S. The molecule has 0 spiro atoms. The molecule has 28 heavy (non-hydrogen) atoms. The van der Waals surface area contributed by atoms with Crippen LogP contribution in [0.25, 0.3) is 0 Å². The normalized spacial score (nSPS) is 22.0. The fourth-order valence-corrected chi connectivity index (χ4v) is 5.59. The zero-order valence-electron chi connectivity index (χ0n) is 16.0. The fourth-order valence-electron chi connectivity index (χ4n) is 3.99. The first kappa shape index (κ1) is 19.1. The molecule has 2 aliphatic rings. The molecule has 148 valence electrons. The number of sulfonamides is 1. The van der Waals surface area contributed by atoms with Crippen molar-refractivity contribution >= 4 is 21.6 Å². The Kier molecular flexibility index (Phi) is 5.23. The maximum absolute atomic E-state index is 13.4. The second-order valence-electron chi connectivity index (χ2n) is 7.45. The van der Waals surface area contributed by atoms with Crippen molar-refractivity contribution in [2.45, 2.75) is 23.8 Å². The SMILES string of the molecule is CN1CCN(S(=O)(=O)c2ccc(N3CCCC3=O)cc2)[C@@H](c2ccccc2)C1. The molecule has 0 radical (unpaired) electrons. The fraction of sp³-hybridized carbons (Fsp3) is 0.381. The molecule has 2 heterocycles. The minimum absolute atomic E-state index is 0.0961. The molecule has 7 heteroatoms. The number of benzene rings is 2. The van der Waals surface area contributed by atoms with Crippen molar-refractivity contribution in [2.75, 3.05) is 38.1 Å². The van der Waals surface area contributed by atoms with E-state index in [0.29, 0.717) is 32.6 Å². The van der Waals surface area contributed by atoms with Gasteiger partial charge in [0.25, 0.3) is 0 Å². The summed E-state index contributed by atoms with van der Waals surface area (Å²) in [6.07, 6.45) is 1.40. The molecule has 2 fully saturated rings. The van der Waals surface area contributed by atoms with Gasteiger partial charge in [0, 0.05) is 38.3 Å². The van der Waals surface area contributed by atoms with Gasteiger partial charge in [0.15, 0.2) is 0 Å². The van der Waals surface area contributed by atoms with Gasteiger partial charge in [-0.1, -0.05) is 30.3 Å². The quantitative estimate of drug-likeness (QED) is 0.793. The minimum atomic E-state index is -3.63. The summed E-state index contributed by atoms with van der Waals surface area (Å²) in [5.41, 5.74) is 1.76. The molecule has 0 N–H and O–H groups in total. The molecule has 0 unspecified atom stereocenters. The number of hydrogen-bond acceptors (Lipinski definition) is 4. The molecule has 4 rings (SSSR count). The summed E-state index contributed by atoms with van der Waals surface area (Å²) >= 11 is 0. The number of anilines is 1. The molecule has 2 aromatic carbocycles. The molecule has 6 nitrogen and oxygen atoms in total. The first-order valence-electron chi connectivity index (χ1n) is 9.62. The minimum Gasteiger partial charge on any atom is -0.312 e. The number of piperazine rings is 1. The van der Waals surface area contributed by atoms with Crippen LogP contribution in [-0.2, 0) is 14.8 Å². The number of nitrogens with zero attached hydrogens (tertiary/aromatic N) is 3. The number of carbonyl (C=O) groups excluding carboxylic acids is 1. The monoisotopic (exact) mass is 399 g/mol. The molecule has 0 aromatic heterocycles. The molecule has 2 aliphatic heterocycles. The van der Waals surface area contributed by atoms with Crippen LogP contribution in [0.15, 0.2) is 59.5 Å². The van der Waals surface area contributed by atoms with E-state index in [1.54, 1.807) is 33.5 Å². The van der Waals surface area contributed by atoms with Crippen molar-refractivity contribution in [3.05, 3.63) is 60.2 Å². The Hall–Kier alpha value is -2.22. The summed E-state index contributed by atoms with van der Waals surface area (Å²) in [5.74, 6) is 0.0961. The lowest BCUT2D eigenvalue weighted by molar-refractivity contribution is -0.117. The molecule has 0 saturated carbocycles. The largest absolute Gasteiger partial charge is 0.312 e. The summed E-state index contributed by atoms with van der Waals surface area (Å²) < 4.78 is 28.4. The van der Waals surface area contributed by atoms with Crippen LogP contribution >= 0.6 is 0 Å². The van der Waals surface area contributed by atoms with Gasteiger partial charge in [-0.25, -0.2) is 8.42 Å². The smallest absolute Gasteiger partial charge is 0.243 e. The lowest BCUT2D eigenvalue weighted by Gasteiger charge is -2.39. The Balaban J connectivity index is 1.63. The van der Waals surface area contributed by atoms with Crippen LogP contribution in [0.5, 0.6) is 0 Å². The number of rotatable bonds is 4. The summed E-state index contributed by atoms with van der Waals surface area (Å²) in [6, 6.07) is 16.3. The lowest BCUT2D eigenvalue weighted by Crippen LogP contribution is -2.49. The third-order valence-corrected chi connectivity index (χ3v) is 7.47. The van der Waals surface area contributed by atoms with Crippen molar-refractivity contribution in [3.63, 3.8) is 0 Å². The highest BCUT2D eigenvalue weighted by Crippen LogP contribution is 2.32. The van der Waals surface area contributed by atoms with Crippen LogP contribution in [-0.4, -0.2) is 56.8 Å². The van der Waals surface area contributed by atoms with E-state index in [0.717, 1.165) is 17.7 Å². The van der Waals surface area contributed by atoms with Crippen molar-refractivity contribution < 1.29 is 13.2 Å². The summed E-state index contributed by atoms with van der Waals surface area (Å²) in [6.45, 7) is 2.50. The third kappa shape index (κ3) is 3.57. The summed E-state index contributed by atoms with van der Waals surface area (Å²) in [7, 11) is -1.62. The van der Waals surface area contributed by atoms with E-state index in [4.69, 9.17) is 0 Å². The number of carbonyl (C=O) groups is 1. The molecule has 1 atom stereocenters. The van der Waals surface area contributed by atoms with Gasteiger partial charge >= 0.3 is 0 Å². The van der Waals surface area contributed by atoms with Crippen LogP contribution in [0.1, 0.15) is 24.4 Å². The lowest BCUT2D eigenvalue weighted by atomic mass is 10.1. The van der Waals surface area contributed by atoms with Gasteiger partial charge < -0.3 is 9.80 Å². The van der Waals surface area contributed by atoms with Gasteiger partial charge in [-0.15, -0.1) is 0 Å². The van der Waals surface area contributed by atoms with Gasteiger partial charge in [0.05, 0.1) is 10.9 Å². The highest BCUT2D eigenvalue weighted by atomic mass is 32.2. The Bertz CT molecular complexity index is 945. The Morgan fingerprint density at radius 3 is 2.29 bits per heavy atom. The van der Waals surface area contributed by atoms with Crippen molar-refractivity contribution in [1.29, 1.82) is 0 Å². The highest BCUT2D eigenvalue weighted by Gasteiger charge is 2.36. The molecular weight excluding hydrogens is 374 g/mol. The summed E-state index contributed by atoms with van der Waals surface area (Å²) in [5, 5.41) is 0. The molecule has 2 aromatic rings. The topological polar surface area (TPSA) is 60.9 Å². The van der Waals surface area contributed by atoms with Crippen LogP contribution in [0.2, 0.25) is 0 Å². The highest BCUT2D eigenvalue weighted by molar-refractivity contribution is 7.89. The molecule has 1 amide bonds. The van der Waals surface area contributed by atoms with Crippen LogP contribution in [0, 0.1) is 0 Å². The molecule has 0 bridgehead atoms. The second-order valence-corrected chi connectivity index (χ2v) is 9.34. The van der Waals surface area contributed by atoms with E-state index in [1.165, 1.54) is 0 Å². The Morgan fingerprint density at radius 2 is 1.64 bits per heavy atom. The van der Waals surface area contributed by atoms with Gasteiger partial charge in [-0.3, -0.25) is 4.79 Å². The zero-order valence-corrected chi connectivity index (χ0v) is 16.8. The van der Waals surface area contributed by atoms with Crippen LogP contribution in [0.4, 0.5) is 5.69 Å². The van der Waals surface area contributed by atoms with Gasteiger partial charge in [-0.2, -0.15) is 4.31 Å². The third-order valence-electron chi connectivity index (χ3n) is 5.55. The average molecular weight is 400 g/mol. The number of amides is 1. The maximum atomic E-state index is 13.4. The van der Waals surface area contributed by atoms with E-state index in [9.17, 15) is 13.2 Å². The van der Waals surface area contributed by atoms with Crippen LogP contribution < -0.4 is 4.90 Å². The van der Waals surface area contributed by atoms with Gasteiger partial charge in [0.1, 0.15) is 0 Å². The Morgan fingerprint density at radius 1 is 0.929 bits per heavy atom. The second kappa shape index (κ2) is 7.66. The van der Waals surface area contributed by atoms with Crippen molar-refractivity contribution in [2.24, 2.45) is 0 Å². The van der Waals surface area contributed by atoms with E-state index in [2.05, 4.69) is 4.90 Å². The first-order valence-corrected chi connectivity index (χ1v) is 11.1. The predicted molar refractivity (Wildman–Crippen MR) is 109 cm³/mol. The first-order chi connectivity index (χ1) is 13.5. The Labute approximate surface area is 166 Å². The molecule has 0 aliphatic carbocycles. The zero-order chi connectivity index (χ0) is 19.7. The molecule has 2 saturated heterocycles. The maximum Gasteiger partial charge on any atom is 0.243 e. The predicted octanol–water partition coefficient (Wildman–Crippen LogP) is 2.49. The van der Waals surface area contributed by atoms with E-state index in [1.807, 2.05) is 37.4 Å². The standard InChI is InChI=1S/C21H25N3O3S/c1-22-14-15-24(20(16-22)17-6-3-2-4-7-17)28(26,27)19-11-9-18(10-12-19)23-13-5-8-21(23)25/h2-4,6-7,9-12,20H,5,8,13-16H2,1H3/t20-/m1/s1. The van der Waals surface area contributed by atoms with Crippen molar-refractivity contribution in [3.8, 4) is 0 Å². The van der Waals surface area contributed by atoms with Gasteiger partial charge in [0.2, 0.25) is 15.9 Å². The van der Waals surface area contributed by atoms with Crippen LogP contribution in [0.3, 0.4) is 0 Å². The van der Waals surface area contributed by atoms with E-state index >= 15 is 0 Å². The summed E-state index contributed by atoms with van der Waals surface area (Å²) in [4.78, 5) is 16.1. The van der Waals surface area contributed by atoms with E-state index < -0.39 is 10.0 Å².